The number of piperidine rings is 1. The number of hydrogen-bond donors (Lipinski definition) is 1. The molecular formula is C18H21NO3. The molecule has 0 aromatic heterocycles. The summed E-state index contributed by atoms with van der Waals surface area (Å²) < 4.78 is 77.7. The second kappa shape index (κ2) is 4.06. The summed E-state index contributed by atoms with van der Waals surface area (Å²) >= 11 is 0. The van der Waals surface area contributed by atoms with Crippen LogP contribution in [-0.2, 0) is 11.8 Å². The van der Waals surface area contributed by atoms with E-state index in [1.807, 2.05) is 0 Å². The van der Waals surface area contributed by atoms with E-state index in [9.17, 15) is 2.74 Å². The Morgan fingerprint density at radius 1 is 1.59 bits per heavy atom. The lowest BCUT2D eigenvalue weighted by Gasteiger charge is -2.56. The Morgan fingerprint density at radius 2 is 2.55 bits per heavy atom. The molecule has 5 rings (SSSR count). The molecule has 4 heteroatoms. The van der Waals surface area contributed by atoms with Crippen LogP contribution in [0.4, 0.5) is 0 Å². The number of hydrogen-bond acceptors (Lipinski definition) is 4. The first kappa shape index (κ1) is 7.37. The second-order valence-corrected chi connectivity index (χ2v) is 6.30. The van der Waals surface area contributed by atoms with Crippen molar-refractivity contribution in [1.29, 1.82) is 1.43 Å². The van der Waals surface area contributed by atoms with Gasteiger partial charge in [0, 0.05) is 27.0 Å². The summed E-state index contributed by atoms with van der Waals surface area (Å²) in [4.78, 5) is 1.79. The Bertz CT molecular complexity index is 967. The van der Waals surface area contributed by atoms with Gasteiger partial charge in [-0.25, -0.2) is 0 Å². The third-order valence-electron chi connectivity index (χ3n) is 5.36. The van der Waals surface area contributed by atoms with Crippen molar-refractivity contribution in [1.82, 2.24) is 4.90 Å². The molecule has 2 bridgehead atoms. The van der Waals surface area contributed by atoms with Gasteiger partial charge in [-0.1, -0.05) is 18.2 Å². The van der Waals surface area contributed by atoms with Crippen LogP contribution in [0.5, 0.6) is 11.5 Å². The van der Waals surface area contributed by atoms with Gasteiger partial charge >= 0.3 is 0 Å². The SMILES string of the molecule is [2H]OC1C=C[C@@]2([2H])[C@@H]3N(C)CC[C@@]24c2c(ccc(OC([2H])([2H])[2H])c2OC14[2H])C3([2H])[2H]. The molecule has 1 saturated heterocycles. The predicted octanol–water partition coefficient (Wildman–Crippen LogP) is 1.50. The molecule has 1 N–H and O–H groups in total. The molecule has 2 aliphatic heterocycles. The molecule has 1 spiro atoms. The summed E-state index contributed by atoms with van der Waals surface area (Å²) in [7, 11) is -1.02. The van der Waals surface area contributed by atoms with E-state index in [2.05, 4.69) is 0 Å². The normalized spacial score (nSPS) is 55.9. The van der Waals surface area contributed by atoms with Crippen molar-refractivity contribution in [3.05, 3.63) is 35.4 Å². The zero-order chi connectivity index (χ0) is 21.9. The van der Waals surface area contributed by atoms with Crippen LogP contribution >= 0.6 is 0 Å². The van der Waals surface area contributed by atoms with Gasteiger partial charge in [0.1, 0.15) is 12.2 Å². The van der Waals surface area contributed by atoms with Gasteiger partial charge in [-0.05, 0) is 38.0 Å². The van der Waals surface area contributed by atoms with E-state index >= 15 is 0 Å². The van der Waals surface area contributed by atoms with Gasteiger partial charge in [-0.15, -0.1) is 0 Å². The Hall–Kier alpha value is -1.52. The highest BCUT2D eigenvalue weighted by molar-refractivity contribution is 5.62. The minimum Gasteiger partial charge on any atom is -0.493 e. The molecule has 0 saturated carbocycles. The molecule has 5 atom stereocenters. The lowest BCUT2D eigenvalue weighted by Crippen LogP contribution is -2.64. The Balaban J connectivity index is 1.89. The van der Waals surface area contributed by atoms with Crippen molar-refractivity contribution in [3.8, 4) is 11.5 Å². The van der Waals surface area contributed by atoms with Gasteiger partial charge < -0.3 is 19.5 Å². The molecule has 1 aromatic rings. The highest BCUT2D eigenvalue weighted by Gasteiger charge is 2.64. The molecule has 116 valence electrons. The van der Waals surface area contributed by atoms with Crippen molar-refractivity contribution in [2.24, 2.45) is 5.89 Å². The molecule has 1 fully saturated rings. The maximum Gasteiger partial charge on any atom is 0.211 e. The first-order chi connectivity index (χ1) is 13.8. The van der Waals surface area contributed by atoms with E-state index in [-0.39, 0.29) is 29.0 Å². The van der Waals surface area contributed by atoms with Crippen LogP contribution in [-0.4, -0.2) is 50.3 Å². The number of nitrogens with zero attached hydrogens (tertiary/aromatic N) is 1. The molecule has 4 nitrogen and oxygen atoms in total. The average molecular weight is 307 g/mol. The summed E-state index contributed by atoms with van der Waals surface area (Å²) in [5.41, 5.74) is -0.819. The van der Waals surface area contributed by atoms with E-state index < -0.39 is 42.9 Å². The number of aliphatic hydroxyl groups excluding tert-OH is 1. The number of aliphatic hydroxyl groups is 1. The molecule has 2 aliphatic carbocycles. The number of rotatable bonds is 2. The van der Waals surface area contributed by atoms with Crippen LogP contribution in [0.25, 0.3) is 0 Å². The number of benzene rings is 1. The first-order valence-corrected chi connectivity index (χ1v) is 7.41. The molecule has 0 amide bonds. The average Bonchev–Trinajstić information content (AvgIpc) is 2.89. The van der Waals surface area contributed by atoms with Crippen LogP contribution in [0.15, 0.2) is 24.3 Å². The first-order valence-electron chi connectivity index (χ1n) is 11.3. The van der Waals surface area contributed by atoms with Crippen molar-refractivity contribution in [3.63, 3.8) is 0 Å². The number of ether oxygens (including phenoxy) is 2. The van der Waals surface area contributed by atoms with Crippen LogP contribution in [0.1, 0.15) is 27.1 Å². The smallest absolute Gasteiger partial charge is 0.211 e. The summed E-state index contributed by atoms with van der Waals surface area (Å²) in [5.74, 6) is -1.78. The maximum absolute atomic E-state index is 9.47. The Morgan fingerprint density at radius 3 is 3.41 bits per heavy atom. The van der Waals surface area contributed by atoms with E-state index in [0.717, 1.165) is 0 Å². The van der Waals surface area contributed by atoms with E-state index in [1.54, 1.807) is 11.9 Å². The van der Waals surface area contributed by atoms with Crippen molar-refractivity contribution in [2.75, 3.05) is 20.6 Å². The summed E-state index contributed by atoms with van der Waals surface area (Å²) in [6, 6.07) is 1.90. The second-order valence-electron chi connectivity index (χ2n) is 6.30. The van der Waals surface area contributed by atoms with Gasteiger partial charge in [0.05, 0.1) is 12.5 Å². The number of methoxy groups -OCH3 is 1. The molecule has 1 aromatic carbocycles. The fourth-order valence-corrected chi connectivity index (χ4v) is 4.38. The van der Waals surface area contributed by atoms with Crippen molar-refractivity contribution < 1.29 is 24.2 Å². The molecule has 0 radical (unpaired) electrons. The lowest BCUT2D eigenvalue weighted by atomic mass is 9.53. The topological polar surface area (TPSA) is 41.9 Å². The van der Waals surface area contributed by atoms with Gasteiger partial charge in [0.2, 0.25) is 1.43 Å². The third kappa shape index (κ3) is 1.28. The zero-order valence-electron chi connectivity index (χ0n) is 20.1. The number of likely N-dealkylation sites (N-methyl/N-ethyl adjacent to an activating group) is 1. The summed E-state index contributed by atoms with van der Waals surface area (Å²) in [6.07, 6.45) is -1.86. The molecule has 2 unspecified atom stereocenters. The van der Waals surface area contributed by atoms with E-state index in [0.29, 0.717) is 6.54 Å². The van der Waals surface area contributed by atoms with Gasteiger partial charge in [-0.2, -0.15) is 0 Å². The van der Waals surface area contributed by atoms with Crippen molar-refractivity contribution in [2.45, 2.75) is 36.4 Å². The fourth-order valence-electron chi connectivity index (χ4n) is 4.38. The molecule has 2 heterocycles. The monoisotopic (exact) mass is 307 g/mol. The van der Waals surface area contributed by atoms with Gasteiger partial charge in [-0.3, -0.25) is 0 Å². The lowest BCUT2D eigenvalue weighted by molar-refractivity contribution is -0.0453. The molecule has 4 aliphatic rings. The minimum atomic E-state index is -2.78. The highest BCUT2D eigenvalue weighted by atomic mass is 16.5. The fraction of sp³-hybridized carbons (Fsp3) is 0.556. The quantitative estimate of drug-likeness (QED) is 0.841. The van der Waals surface area contributed by atoms with Crippen molar-refractivity contribution >= 4 is 0 Å². The van der Waals surface area contributed by atoms with Gasteiger partial charge in [0.25, 0.3) is 0 Å². The van der Waals surface area contributed by atoms with Crippen LogP contribution in [0, 0.1) is 5.89 Å². The minimum absolute atomic E-state index is 0.0483. The molecule has 22 heavy (non-hydrogen) atoms. The molecular weight excluding hydrogens is 278 g/mol. The standard InChI is InChI=1S/C18H21NO3/c1-19-8-7-18-11-4-5-13(20)17(18)22-16-14(21-2)6-3-10(15(16)18)9-12(11)19/h3-6,11-13,17,20H,7-9H2,1-2H3/t11-,12+,13?,17?,18-/m0/s1/i2D3,9D2,11D,17D,20D. The zero-order valence-corrected chi connectivity index (χ0v) is 12.1. The van der Waals surface area contributed by atoms with E-state index in [1.165, 1.54) is 24.3 Å². The largest absolute Gasteiger partial charge is 0.493 e. The predicted molar refractivity (Wildman–Crippen MR) is 82.5 cm³/mol. The van der Waals surface area contributed by atoms with Gasteiger partial charge in [0.15, 0.2) is 11.5 Å². The van der Waals surface area contributed by atoms with Crippen LogP contribution < -0.4 is 9.47 Å². The highest BCUT2D eigenvalue weighted by Crippen LogP contribution is 2.62. The Kier molecular flexibility index (Phi) is 1.36. The maximum atomic E-state index is 9.47. The Labute approximate surface area is 141 Å². The third-order valence-corrected chi connectivity index (χ3v) is 5.36. The van der Waals surface area contributed by atoms with Crippen LogP contribution in [0.2, 0.25) is 0 Å². The van der Waals surface area contributed by atoms with E-state index in [4.69, 9.17) is 22.9 Å². The number of likely N-dealkylation sites (tertiary alicyclic amines) is 1. The summed E-state index contributed by atoms with van der Waals surface area (Å²) in [6.45, 7) is 0.399. The van der Waals surface area contributed by atoms with Crippen LogP contribution in [0.3, 0.4) is 0 Å². The summed E-state index contributed by atoms with van der Waals surface area (Å²) in [5, 5.41) is 4.81.